The number of aliphatic hydroxyl groups is 1. The normalized spacial score (nSPS) is 19.2. The smallest absolute Gasteiger partial charge is 0.317 e. The summed E-state index contributed by atoms with van der Waals surface area (Å²) in [7, 11) is 0. The Bertz CT molecular complexity index is 495. The van der Waals surface area contributed by atoms with Crippen molar-refractivity contribution in [3.8, 4) is 0 Å². The fourth-order valence-electron chi connectivity index (χ4n) is 3.00. The minimum absolute atomic E-state index is 0.00000614. The Balaban J connectivity index is 1.92. The number of nitrogens with zero attached hydrogens (tertiary/aromatic N) is 1. The van der Waals surface area contributed by atoms with Crippen molar-refractivity contribution in [3.05, 3.63) is 34.9 Å². The maximum atomic E-state index is 12.4. The highest BCUT2D eigenvalue weighted by Gasteiger charge is 2.29. The highest BCUT2D eigenvalue weighted by Crippen LogP contribution is 2.24. The van der Waals surface area contributed by atoms with Gasteiger partial charge in [0.2, 0.25) is 0 Å². The molecule has 122 valence electrons. The minimum Gasteiger partial charge on any atom is -0.396 e. The van der Waals surface area contributed by atoms with Crippen molar-refractivity contribution in [2.75, 3.05) is 13.2 Å². The SMILES string of the molecule is CC(CCCO)NC(=O)N1CCCC1Cc1ccccc1Cl. The molecule has 1 fully saturated rings. The van der Waals surface area contributed by atoms with Crippen LogP contribution in [-0.4, -0.2) is 41.3 Å². The second kappa shape index (κ2) is 8.39. The van der Waals surface area contributed by atoms with Crippen LogP contribution in [-0.2, 0) is 6.42 Å². The largest absolute Gasteiger partial charge is 0.396 e. The van der Waals surface area contributed by atoms with Crippen LogP contribution in [0.15, 0.2) is 24.3 Å². The molecule has 5 heteroatoms. The van der Waals surface area contributed by atoms with E-state index in [9.17, 15) is 4.79 Å². The highest BCUT2D eigenvalue weighted by atomic mass is 35.5. The Morgan fingerprint density at radius 3 is 3.00 bits per heavy atom. The fourth-order valence-corrected chi connectivity index (χ4v) is 3.21. The Kier molecular flexibility index (Phi) is 6.52. The van der Waals surface area contributed by atoms with Gasteiger partial charge in [0.1, 0.15) is 0 Å². The van der Waals surface area contributed by atoms with E-state index >= 15 is 0 Å². The van der Waals surface area contributed by atoms with E-state index in [-0.39, 0.29) is 24.7 Å². The Labute approximate surface area is 137 Å². The number of benzene rings is 1. The number of likely N-dealkylation sites (tertiary alicyclic amines) is 1. The van der Waals surface area contributed by atoms with Gasteiger partial charge in [-0.1, -0.05) is 29.8 Å². The van der Waals surface area contributed by atoms with Crippen LogP contribution in [0, 0.1) is 0 Å². The predicted molar refractivity (Wildman–Crippen MR) is 89.2 cm³/mol. The van der Waals surface area contributed by atoms with Crippen molar-refractivity contribution in [2.45, 2.75) is 51.1 Å². The average molecular weight is 325 g/mol. The number of halogens is 1. The number of aliphatic hydroxyl groups excluding tert-OH is 1. The van der Waals surface area contributed by atoms with E-state index < -0.39 is 0 Å². The van der Waals surface area contributed by atoms with E-state index in [1.165, 1.54) is 0 Å². The van der Waals surface area contributed by atoms with Gasteiger partial charge < -0.3 is 15.3 Å². The Morgan fingerprint density at radius 2 is 2.27 bits per heavy atom. The van der Waals surface area contributed by atoms with Crippen molar-refractivity contribution >= 4 is 17.6 Å². The van der Waals surface area contributed by atoms with Gasteiger partial charge in [-0.05, 0) is 50.7 Å². The van der Waals surface area contributed by atoms with Crippen LogP contribution >= 0.6 is 11.6 Å². The van der Waals surface area contributed by atoms with Gasteiger partial charge in [0.05, 0.1) is 0 Å². The van der Waals surface area contributed by atoms with Crippen LogP contribution < -0.4 is 5.32 Å². The monoisotopic (exact) mass is 324 g/mol. The summed E-state index contributed by atoms with van der Waals surface area (Å²) >= 11 is 6.23. The number of nitrogens with one attached hydrogen (secondary N) is 1. The van der Waals surface area contributed by atoms with Crippen LogP contribution in [0.2, 0.25) is 5.02 Å². The third kappa shape index (κ3) is 4.62. The second-order valence-corrected chi connectivity index (χ2v) is 6.41. The van der Waals surface area contributed by atoms with Gasteiger partial charge in [-0.25, -0.2) is 4.79 Å². The standard InChI is InChI=1S/C17H25ClN2O2/c1-13(6-5-11-21)19-17(22)20-10-4-8-15(20)12-14-7-2-3-9-16(14)18/h2-3,7,9,13,15,21H,4-6,8,10-12H2,1H3,(H,19,22). The van der Waals surface area contributed by atoms with Crippen molar-refractivity contribution in [1.29, 1.82) is 0 Å². The molecule has 2 amide bonds. The number of amides is 2. The molecule has 2 unspecified atom stereocenters. The Hall–Kier alpha value is -1.26. The summed E-state index contributed by atoms with van der Waals surface area (Å²) < 4.78 is 0. The predicted octanol–water partition coefficient (Wildman–Crippen LogP) is 3.22. The van der Waals surface area contributed by atoms with Gasteiger partial charge >= 0.3 is 6.03 Å². The topological polar surface area (TPSA) is 52.6 Å². The molecule has 2 atom stereocenters. The summed E-state index contributed by atoms with van der Waals surface area (Å²) in [4.78, 5) is 14.4. The number of urea groups is 1. The van der Waals surface area contributed by atoms with E-state index in [4.69, 9.17) is 16.7 Å². The lowest BCUT2D eigenvalue weighted by Gasteiger charge is -2.27. The number of hydrogen-bond donors (Lipinski definition) is 2. The van der Waals surface area contributed by atoms with Crippen LogP contribution in [0.1, 0.15) is 38.2 Å². The maximum Gasteiger partial charge on any atom is 0.317 e. The zero-order valence-electron chi connectivity index (χ0n) is 13.1. The number of hydrogen-bond acceptors (Lipinski definition) is 2. The first kappa shape index (κ1) is 17.1. The lowest BCUT2D eigenvalue weighted by atomic mass is 10.0. The van der Waals surface area contributed by atoms with Crippen LogP contribution in [0.5, 0.6) is 0 Å². The molecule has 1 aliphatic heterocycles. The molecule has 0 bridgehead atoms. The molecule has 22 heavy (non-hydrogen) atoms. The van der Waals surface area contributed by atoms with Crippen molar-refractivity contribution in [1.82, 2.24) is 10.2 Å². The van der Waals surface area contributed by atoms with Crippen molar-refractivity contribution in [2.24, 2.45) is 0 Å². The zero-order valence-corrected chi connectivity index (χ0v) is 13.9. The lowest BCUT2D eigenvalue weighted by Crippen LogP contribution is -2.46. The quantitative estimate of drug-likeness (QED) is 0.844. The summed E-state index contributed by atoms with van der Waals surface area (Å²) in [6.45, 7) is 2.94. The first-order chi connectivity index (χ1) is 10.6. The lowest BCUT2D eigenvalue weighted by molar-refractivity contribution is 0.187. The molecule has 0 radical (unpaired) electrons. The van der Waals surface area contributed by atoms with E-state index in [0.29, 0.717) is 6.42 Å². The zero-order chi connectivity index (χ0) is 15.9. The van der Waals surface area contributed by atoms with Gasteiger partial charge in [-0.15, -0.1) is 0 Å². The molecule has 2 rings (SSSR count). The Morgan fingerprint density at radius 1 is 1.50 bits per heavy atom. The first-order valence-electron chi connectivity index (χ1n) is 8.03. The number of rotatable bonds is 6. The van der Waals surface area contributed by atoms with E-state index in [1.54, 1.807) is 0 Å². The van der Waals surface area contributed by atoms with Gasteiger partial charge in [-0.3, -0.25) is 0 Å². The van der Waals surface area contributed by atoms with E-state index in [1.807, 2.05) is 36.1 Å². The minimum atomic E-state index is -0.00000614. The molecule has 0 spiro atoms. The van der Waals surface area contributed by atoms with Gasteiger partial charge in [0.25, 0.3) is 0 Å². The molecule has 4 nitrogen and oxygen atoms in total. The maximum absolute atomic E-state index is 12.4. The van der Waals surface area contributed by atoms with Gasteiger partial charge in [-0.2, -0.15) is 0 Å². The molecule has 1 saturated heterocycles. The van der Waals surface area contributed by atoms with Crippen LogP contribution in [0.25, 0.3) is 0 Å². The molecular formula is C17H25ClN2O2. The summed E-state index contributed by atoms with van der Waals surface area (Å²) in [5.41, 5.74) is 1.10. The number of carbonyl (C=O) groups is 1. The molecule has 0 saturated carbocycles. The molecule has 1 aromatic rings. The van der Waals surface area contributed by atoms with Crippen molar-refractivity contribution in [3.63, 3.8) is 0 Å². The molecule has 1 aliphatic rings. The summed E-state index contributed by atoms with van der Waals surface area (Å²) in [5, 5.41) is 12.7. The summed E-state index contributed by atoms with van der Waals surface area (Å²) in [5.74, 6) is 0. The molecule has 0 aliphatic carbocycles. The van der Waals surface area contributed by atoms with E-state index in [0.717, 1.165) is 42.8 Å². The summed E-state index contributed by atoms with van der Waals surface area (Å²) in [6.07, 6.45) is 4.37. The van der Waals surface area contributed by atoms with Crippen molar-refractivity contribution < 1.29 is 9.90 Å². The fraction of sp³-hybridized carbons (Fsp3) is 0.588. The molecule has 0 aromatic heterocycles. The third-order valence-electron chi connectivity index (χ3n) is 4.22. The second-order valence-electron chi connectivity index (χ2n) is 6.00. The number of carbonyl (C=O) groups excluding carboxylic acids is 1. The van der Waals surface area contributed by atoms with Gasteiger partial charge in [0, 0.05) is 30.3 Å². The third-order valence-corrected chi connectivity index (χ3v) is 4.59. The molecule has 1 aromatic carbocycles. The van der Waals surface area contributed by atoms with Gasteiger partial charge in [0.15, 0.2) is 0 Å². The van der Waals surface area contributed by atoms with Crippen LogP contribution in [0.3, 0.4) is 0 Å². The average Bonchev–Trinajstić information content (AvgIpc) is 2.96. The summed E-state index contributed by atoms with van der Waals surface area (Å²) in [6, 6.07) is 8.13. The molecule has 2 N–H and O–H groups in total. The first-order valence-corrected chi connectivity index (χ1v) is 8.41. The molecular weight excluding hydrogens is 300 g/mol. The highest BCUT2D eigenvalue weighted by molar-refractivity contribution is 6.31. The van der Waals surface area contributed by atoms with Crippen LogP contribution in [0.4, 0.5) is 4.79 Å². The van der Waals surface area contributed by atoms with E-state index in [2.05, 4.69) is 5.32 Å². The molecule has 1 heterocycles.